The van der Waals surface area contributed by atoms with E-state index in [-0.39, 0.29) is 30.4 Å². The highest BCUT2D eigenvalue weighted by atomic mass is 19.1. The van der Waals surface area contributed by atoms with Crippen LogP contribution in [0.1, 0.15) is 41.6 Å². The molecule has 130 valence electrons. The number of carboxylic acid groups (broad SMARTS) is 1. The van der Waals surface area contributed by atoms with Gasteiger partial charge in [0.1, 0.15) is 5.82 Å². The number of rotatable bonds is 7. The second-order valence-corrected chi connectivity index (χ2v) is 6.97. The monoisotopic (exact) mass is 334 g/mol. The molecule has 2 aliphatic rings. The van der Waals surface area contributed by atoms with E-state index in [1.807, 2.05) is 4.90 Å². The van der Waals surface area contributed by atoms with Crippen LogP contribution in [0.25, 0.3) is 0 Å². The maximum Gasteiger partial charge on any atom is 0.317 e. The molecule has 2 aliphatic carbocycles. The number of hydrogen-bond donors (Lipinski definition) is 2. The van der Waals surface area contributed by atoms with E-state index in [1.165, 1.54) is 25.0 Å². The first kappa shape index (κ1) is 16.9. The van der Waals surface area contributed by atoms with Gasteiger partial charge in [-0.25, -0.2) is 4.39 Å². The van der Waals surface area contributed by atoms with Crippen LogP contribution >= 0.6 is 0 Å². The zero-order valence-electron chi connectivity index (χ0n) is 13.8. The van der Waals surface area contributed by atoms with Gasteiger partial charge in [-0.05, 0) is 56.2 Å². The SMILES string of the molecule is Cc1c(F)cccc1C(=O)NC1CC(N(CC(=O)O)CC2CC2)C1. The average Bonchev–Trinajstić information content (AvgIpc) is 3.28. The minimum absolute atomic E-state index is 0.0284. The van der Waals surface area contributed by atoms with Gasteiger partial charge in [0, 0.05) is 24.2 Å². The fraction of sp³-hybridized carbons (Fsp3) is 0.556. The molecule has 0 aliphatic heterocycles. The Balaban J connectivity index is 1.52. The van der Waals surface area contributed by atoms with Crippen molar-refractivity contribution in [2.75, 3.05) is 13.1 Å². The summed E-state index contributed by atoms with van der Waals surface area (Å²) in [6.07, 6.45) is 3.86. The Labute approximate surface area is 140 Å². The predicted octanol–water partition coefficient (Wildman–Crippen LogP) is 2.19. The molecule has 2 N–H and O–H groups in total. The summed E-state index contributed by atoms with van der Waals surface area (Å²) in [5.41, 5.74) is 0.714. The lowest BCUT2D eigenvalue weighted by Gasteiger charge is -2.42. The minimum Gasteiger partial charge on any atom is -0.480 e. The first-order valence-electron chi connectivity index (χ1n) is 8.46. The van der Waals surface area contributed by atoms with E-state index < -0.39 is 5.97 Å². The fourth-order valence-electron chi connectivity index (χ4n) is 3.27. The van der Waals surface area contributed by atoms with E-state index in [0.717, 1.165) is 19.4 Å². The van der Waals surface area contributed by atoms with Crippen LogP contribution in [-0.2, 0) is 4.79 Å². The molecule has 2 saturated carbocycles. The summed E-state index contributed by atoms with van der Waals surface area (Å²) in [5, 5.41) is 12.0. The highest BCUT2D eigenvalue weighted by Crippen LogP contribution is 2.33. The summed E-state index contributed by atoms with van der Waals surface area (Å²) in [4.78, 5) is 25.3. The Kier molecular flexibility index (Phi) is 4.85. The third kappa shape index (κ3) is 3.93. The number of benzene rings is 1. The Morgan fingerprint density at radius 3 is 2.67 bits per heavy atom. The first-order valence-corrected chi connectivity index (χ1v) is 8.46. The second-order valence-electron chi connectivity index (χ2n) is 6.97. The van der Waals surface area contributed by atoms with Crippen LogP contribution in [0.15, 0.2) is 18.2 Å². The van der Waals surface area contributed by atoms with Gasteiger partial charge in [-0.3, -0.25) is 14.5 Å². The van der Waals surface area contributed by atoms with Crippen molar-refractivity contribution in [3.05, 3.63) is 35.1 Å². The van der Waals surface area contributed by atoms with Crippen molar-refractivity contribution in [2.45, 2.75) is 44.7 Å². The number of carbonyl (C=O) groups excluding carboxylic acids is 1. The van der Waals surface area contributed by atoms with Crippen LogP contribution in [0.4, 0.5) is 4.39 Å². The molecule has 1 aromatic carbocycles. The van der Waals surface area contributed by atoms with Crippen LogP contribution in [0.3, 0.4) is 0 Å². The van der Waals surface area contributed by atoms with Crippen molar-refractivity contribution in [3.63, 3.8) is 0 Å². The number of nitrogens with zero attached hydrogens (tertiary/aromatic N) is 1. The maximum atomic E-state index is 13.5. The molecule has 0 bridgehead atoms. The fourth-order valence-corrected chi connectivity index (χ4v) is 3.27. The number of hydrogen-bond acceptors (Lipinski definition) is 3. The van der Waals surface area contributed by atoms with Crippen molar-refractivity contribution in [3.8, 4) is 0 Å². The second kappa shape index (κ2) is 6.89. The van der Waals surface area contributed by atoms with Crippen LogP contribution in [0, 0.1) is 18.7 Å². The lowest BCUT2D eigenvalue weighted by atomic mass is 9.85. The summed E-state index contributed by atoms with van der Waals surface area (Å²) < 4.78 is 13.5. The predicted molar refractivity (Wildman–Crippen MR) is 87.3 cm³/mol. The molecule has 0 heterocycles. The molecule has 2 fully saturated rings. The van der Waals surface area contributed by atoms with E-state index in [2.05, 4.69) is 5.32 Å². The largest absolute Gasteiger partial charge is 0.480 e. The average molecular weight is 334 g/mol. The number of carboxylic acids is 1. The Morgan fingerprint density at radius 2 is 2.04 bits per heavy atom. The third-order valence-corrected chi connectivity index (χ3v) is 5.01. The smallest absolute Gasteiger partial charge is 0.317 e. The molecule has 24 heavy (non-hydrogen) atoms. The van der Waals surface area contributed by atoms with Crippen LogP contribution < -0.4 is 5.32 Å². The van der Waals surface area contributed by atoms with Gasteiger partial charge >= 0.3 is 5.97 Å². The number of nitrogens with one attached hydrogen (secondary N) is 1. The van der Waals surface area contributed by atoms with Crippen molar-refractivity contribution in [2.24, 2.45) is 5.92 Å². The molecule has 5 nitrogen and oxygen atoms in total. The number of halogens is 1. The molecule has 3 rings (SSSR count). The van der Waals surface area contributed by atoms with E-state index >= 15 is 0 Å². The van der Waals surface area contributed by atoms with E-state index in [1.54, 1.807) is 13.0 Å². The molecule has 0 radical (unpaired) electrons. The van der Waals surface area contributed by atoms with E-state index in [0.29, 0.717) is 17.0 Å². The van der Waals surface area contributed by atoms with Gasteiger partial charge < -0.3 is 10.4 Å². The molecule has 6 heteroatoms. The zero-order valence-corrected chi connectivity index (χ0v) is 13.8. The third-order valence-electron chi connectivity index (χ3n) is 5.01. The molecular formula is C18H23FN2O3. The highest BCUT2D eigenvalue weighted by molar-refractivity contribution is 5.95. The Morgan fingerprint density at radius 1 is 1.33 bits per heavy atom. The van der Waals surface area contributed by atoms with Crippen LogP contribution in [-0.4, -0.2) is 47.1 Å². The lowest BCUT2D eigenvalue weighted by Crippen LogP contribution is -2.55. The van der Waals surface area contributed by atoms with Crippen LogP contribution in [0.2, 0.25) is 0 Å². The molecule has 0 saturated heterocycles. The van der Waals surface area contributed by atoms with Crippen molar-refractivity contribution >= 4 is 11.9 Å². The quantitative estimate of drug-likeness (QED) is 0.802. The summed E-state index contributed by atoms with van der Waals surface area (Å²) in [5.74, 6) is -0.819. The molecule has 1 amide bonds. The first-order chi connectivity index (χ1) is 11.4. The molecule has 0 spiro atoms. The summed E-state index contributed by atoms with van der Waals surface area (Å²) in [7, 11) is 0. The van der Waals surface area contributed by atoms with Gasteiger partial charge in [-0.15, -0.1) is 0 Å². The normalized spacial score (nSPS) is 23.0. The summed E-state index contributed by atoms with van der Waals surface area (Å²) in [6, 6.07) is 4.73. The molecule has 0 atom stereocenters. The van der Waals surface area contributed by atoms with Gasteiger partial charge in [-0.2, -0.15) is 0 Å². The highest BCUT2D eigenvalue weighted by Gasteiger charge is 2.37. The molecular weight excluding hydrogens is 311 g/mol. The zero-order chi connectivity index (χ0) is 17.3. The summed E-state index contributed by atoms with van der Waals surface area (Å²) >= 11 is 0. The summed E-state index contributed by atoms with van der Waals surface area (Å²) in [6.45, 7) is 2.49. The lowest BCUT2D eigenvalue weighted by molar-refractivity contribution is -0.139. The van der Waals surface area contributed by atoms with E-state index in [4.69, 9.17) is 5.11 Å². The maximum absolute atomic E-state index is 13.5. The van der Waals surface area contributed by atoms with Gasteiger partial charge in [0.15, 0.2) is 0 Å². The van der Waals surface area contributed by atoms with Crippen molar-refractivity contribution in [1.29, 1.82) is 0 Å². The van der Waals surface area contributed by atoms with Crippen molar-refractivity contribution < 1.29 is 19.1 Å². The topological polar surface area (TPSA) is 69.6 Å². The van der Waals surface area contributed by atoms with Gasteiger partial charge in [-0.1, -0.05) is 6.07 Å². The van der Waals surface area contributed by atoms with Gasteiger partial charge in [0.05, 0.1) is 6.54 Å². The van der Waals surface area contributed by atoms with Crippen LogP contribution in [0.5, 0.6) is 0 Å². The van der Waals surface area contributed by atoms with Gasteiger partial charge in [0.25, 0.3) is 5.91 Å². The van der Waals surface area contributed by atoms with Crippen molar-refractivity contribution in [1.82, 2.24) is 10.2 Å². The number of amides is 1. The standard InChI is InChI=1S/C18H23FN2O3/c1-11-15(3-2-4-16(11)19)18(24)20-13-7-14(8-13)21(10-17(22)23)9-12-5-6-12/h2-4,12-14H,5-10H2,1H3,(H,20,24)(H,22,23). The number of aliphatic carboxylic acids is 1. The molecule has 1 aromatic rings. The minimum atomic E-state index is -0.807. The van der Waals surface area contributed by atoms with Gasteiger partial charge in [0.2, 0.25) is 0 Å². The number of carbonyl (C=O) groups is 2. The molecule has 0 unspecified atom stereocenters. The van der Waals surface area contributed by atoms with E-state index in [9.17, 15) is 14.0 Å². The Hall–Kier alpha value is -1.95. The Bertz CT molecular complexity index is 639. The molecule has 0 aromatic heterocycles.